The van der Waals surface area contributed by atoms with Crippen LogP contribution in [0.2, 0.25) is 5.02 Å². The summed E-state index contributed by atoms with van der Waals surface area (Å²) in [5, 5.41) is 13.4. The molecule has 1 aromatic heterocycles. The fourth-order valence-electron chi connectivity index (χ4n) is 4.95. The van der Waals surface area contributed by atoms with Gasteiger partial charge in [0.1, 0.15) is 11.9 Å². The quantitative estimate of drug-likeness (QED) is 0.525. The molecule has 2 aliphatic rings. The predicted molar refractivity (Wildman–Crippen MR) is 139 cm³/mol. The molecule has 0 bridgehead atoms. The molecule has 34 heavy (non-hydrogen) atoms. The van der Waals surface area contributed by atoms with Crippen LogP contribution in [0, 0.1) is 17.2 Å². The van der Waals surface area contributed by atoms with E-state index in [0.29, 0.717) is 37.5 Å². The molecule has 2 atom stereocenters. The van der Waals surface area contributed by atoms with E-state index >= 15 is 0 Å². The van der Waals surface area contributed by atoms with Crippen molar-refractivity contribution < 1.29 is 4.79 Å². The minimum atomic E-state index is -0.0680. The van der Waals surface area contributed by atoms with Crippen molar-refractivity contribution in [1.29, 1.82) is 5.26 Å². The molecule has 2 aromatic rings. The first-order valence-electron chi connectivity index (χ1n) is 11.9. The number of benzene rings is 1. The largest absolute Gasteiger partial charge is 0.347 e. The summed E-state index contributed by atoms with van der Waals surface area (Å²) >= 11 is 9.79. The molecule has 4 rings (SSSR count). The number of aromatic nitrogens is 1. The lowest BCUT2D eigenvalue weighted by Gasteiger charge is -2.48. The second-order valence-corrected chi connectivity index (χ2v) is 11.2. The van der Waals surface area contributed by atoms with Crippen LogP contribution in [0.4, 0.5) is 5.82 Å². The number of pyridine rings is 1. The Morgan fingerprint density at radius 1 is 1.32 bits per heavy atom. The molecular weight excluding hydrogens is 514 g/mol. The van der Waals surface area contributed by atoms with Gasteiger partial charge in [-0.1, -0.05) is 41.4 Å². The molecule has 1 aliphatic heterocycles. The molecule has 1 aliphatic carbocycles. The van der Waals surface area contributed by atoms with Gasteiger partial charge >= 0.3 is 0 Å². The highest BCUT2D eigenvalue weighted by molar-refractivity contribution is 9.10. The Morgan fingerprint density at radius 3 is 2.68 bits per heavy atom. The summed E-state index contributed by atoms with van der Waals surface area (Å²) < 4.78 is 0.975. The van der Waals surface area contributed by atoms with Crippen molar-refractivity contribution in [2.75, 3.05) is 24.5 Å². The number of nitrogens with zero attached hydrogens (tertiary/aromatic N) is 4. The molecule has 1 N–H and O–H groups in total. The summed E-state index contributed by atoms with van der Waals surface area (Å²) in [7, 11) is 0. The zero-order valence-corrected chi connectivity index (χ0v) is 22.2. The van der Waals surface area contributed by atoms with E-state index in [1.54, 1.807) is 6.20 Å². The molecule has 1 amide bonds. The number of carbonyl (C=O) groups is 1. The zero-order chi connectivity index (χ0) is 24.5. The van der Waals surface area contributed by atoms with Crippen molar-refractivity contribution in [2.24, 2.45) is 5.92 Å². The van der Waals surface area contributed by atoms with Gasteiger partial charge in [0.2, 0.25) is 5.91 Å². The van der Waals surface area contributed by atoms with Gasteiger partial charge in [-0.05, 0) is 61.6 Å². The number of anilines is 1. The number of rotatable bonds is 7. The number of nitriles is 1. The number of amides is 1. The molecule has 8 heteroatoms. The van der Waals surface area contributed by atoms with Crippen molar-refractivity contribution in [3.05, 3.63) is 57.2 Å². The molecule has 180 valence electrons. The number of piperazine rings is 1. The number of carbonyl (C=O) groups excluding carboxylic acids is 1. The van der Waals surface area contributed by atoms with E-state index < -0.39 is 0 Å². The van der Waals surface area contributed by atoms with Gasteiger partial charge in [-0.25, -0.2) is 4.98 Å². The Hall–Kier alpha value is -2.14. The minimum absolute atomic E-state index is 0.0680. The average Bonchev–Trinajstić information content (AvgIpc) is 3.59. The van der Waals surface area contributed by atoms with Gasteiger partial charge in [0.25, 0.3) is 0 Å². The molecule has 0 spiro atoms. The highest BCUT2D eigenvalue weighted by Crippen LogP contribution is 2.46. The predicted octanol–water partition coefficient (Wildman–Crippen LogP) is 5.10. The lowest BCUT2D eigenvalue weighted by Crippen LogP contribution is -2.61. The Morgan fingerprint density at radius 2 is 2.09 bits per heavy atom. The summed E-state index contributed by atoms with van der Waals surface area (Å²) in [6.45, 7) is 8.49. The first kappa shape index (κ1) is 25.0. The molecule has 2 fully saturated rings. The first-order valence-corrected chi connectivity index (χ1v) is 13.0. The maximum Gasteiger partial charge on any atom is 0.223 e. The molecule has 1 aromatic carbocycles. The highest BCUT2D eigenvalue weighted by Gasteiger charge is 2.44. The fraction of sp³-hybridized carbons (Fsp3) is 0.500. The number of halogens is 2. The molecule has 1 saturated carbocycles. The summed E-state index contributed by atoms with van der Waals surface area (Å²) in [6.07, 6.45) is 4.19. The average molecular weight is 545 g/mol. The van der Waals surface area contributed by atoms with Gasteiger partial charge in [0.15, 0.2) is 0 Å². The fourth-order valence-corrected chi connectivity index (χ4v) is 5.81. The SMILES string of the molecule is CC(C)C1CN(C(=O)CCNC2(c3cc(Cl)cc(Br)c3)CC2)CC(C)N1c1ccc(C#N)cn1. The molecule has 1 saturated heterocycles. The minimum Gasteiger partial charge on any atom is -0.347 e. The van der Waals surface area contributed by atoms with Gasteiger partial charge in [0.05, 0.1) is 11.6 Å². The maximum absolute atomic E-state index is 13.2. The van der Waals surface area contributed by atoms with Crippen molar-refractivity contribution in [3.8, 4) is 6.07 Å². The van der Waals surface area contributed by atoms with Crippen LogP contribution in [0.25, 0.3) is 0 Å². The lowest BCUT2D eigenvalue weighted by atomic mass is 9.96. The standard InChI is InChI=1S/C26H31BrClN5O/c1-17(2)23-16-32(15-18(3)33(23)24-5-4-19(13-29)14-30-24)25(34)6-9-31-26(7-8-26)20-10-21(27)12-22(28)11-20/h4-5,10-12,14,17-18,23,31H,6-9,15-16H2,1-3H3. The van der Waals surface area contributed by atoms with Crippen LogP contribution >= 0.6 is 27.5 Å². The number of nitrogens with one attached hydrogen (secondary N) is 1. The van der Waals surface area contributed by atoms with Gasteiger partial charge in [0, 0.05) is 53.3 Å². The van der Waals surface area contributed by atoms with Crippen LogP contribution in [-0.2, 0) is 10.3 Å². The third-order valence-electron chi connectivity index (χ3n) is 6.96. The maximum atomic E-state index is 13.2. The second kappa shape index (κ2) is 10.2. The summed E-state index contributed by atoms with van der Waals surface area (Å²) in [6, 6.07) is 12.2. The molecular formula is C26H31BrClN5O. The van der Waals surface area contributed by atoms with Gasteiger partial charge in [-0.2, -0.15) is 5.26 Å². The first-order chi connectivity index (χ1) is 16.2. The normalized spacial score (nSPS) is 21.4. The van der Waals surface area contributed by atoms with Crippen LogP contribution in [0.3, 0.4) is 0 Å². The van der Waals surface area contributed by atoms with Crippen molar-refractivity contribution >= 4 is 39.3 Å². The Kier molecular flexibility index (Phi) is 7.51. The smallest absolute Gasteiger partial charge is 0.223 e. The number of hydrogen-bond acceptors (Lipinski definition) is 5. The molecule has 2 heterocycles. The van der Waals surface area contributed by atoms with Gasteiger partial charge in [-0.3, -0.25) is 4.79 Å². The van der Waals surface area contributed by atoms with Crippen molar-refractivity contribution in [2.45, 2.75) is 57.7 Å². The van der Waals surface area contributed by atoms with Crippen LogP contribution in [0.1, 0.15) is 51.2 Å². The topological polar surface area (TPSA) is 72.3 Å². The van der Waals surface area contributed by atoms with Crippen molar-refractivity contribution in [1.82, 2.24) is 15.2 Å². The summed E-state index contributed by atoms with van der Waals surface area (Å²) in [5.41, 5.74) is 1.66. The molecule has 2 unspecified atom stereocenters. The zero-order valence-electron chi connectivity index (χ0n) is 19.9. The second-order valence-electron chi connectivity index (χ2n) is 9.80. The van der Waals surface area contributed by atoms with Crippen molar-refractivity contribution in [3.63, 3.8) is 0 Å². The van der Waals surface area contributed by atoms with Gasteiger partial charge < -0.3 is 15.1 Å². The van der Waals surface area contributed by atoms with Crippen LogP contribution in [0.15, 0.2) is 41.0 Å². The van der Waals surface area contributed by atoms with Crippen LogP contribution < -0.4 is 10.2 Å². The Balaban J connectivity index is 1.38. The molecule has 6 nitrogen and oxygen atoms in total. The lowest BCUT2D eigenvalue weighted by molar-refractivity contribution is -0.132. The molecule has 0 radical (unpaired) electrons. The van der Waals surface area contributed by atoms with E-state index in [-0.39, 0.29) is 23.5 Å². The van der Waals surface area contributed by atoms with E-state index in [0.717, 1.165) is 28.2 Å². The van der Waals surface area contributed by atoms with E-state index in [9.17, 15) is 4.79 Å². The summed E-state index contributed by atoms with van der Waals surface area (Å²) in [5.74, 6) is 1.40. The highest BCUT2D eigenvalue weighted by atomic mass is 79.9. The number of hydrogen-bond donors (Lipinski definition) is 1. The Bertz CT molecular complexity index is 1060. The third-order valence-corrected chi connectivity index (χ3v) is 7.63. The van der Waals surface area contributed by atoms with E-state index in [1.165, 1.54) is 5.56 Å². The van der Waals surface area contributed by atoms with E-state index in [2.05, 4.69) is 64.0 Å². The van der Waals surface area contributed by atoms with Crippen LogP contribution in [0.5, 0.6) is 0 Å². The van der Waals surface area contributed by atoms with Gasteiger partial charge in [-0.15, -0.1) is 0 Å². The Labute approximate surface area is 215 Å². The third kappa shape index (κ3) is 5.40. The summed E-state index contributed by atoms with van der Waals surface area (Å²) in [4.78, 5) is 22.0. The van der Waals surface area contributed by atoms with E-state index in [1.807, 2.05) is 29.2 Å². The monoisotopic (exact) mass is 543 g/mol. The van der Waals surface area contributed by atoms with Crippen LogP contribution in [-0.4, -0.2) is 47.5 Å². The van der Waals surface area contributed by atoms with E-state index in [4.69, 9.17) is 16.9 Å².